The highest BCUT2D eigenvalue weighted by molar-refractivity contribution is 5.21. The Labute approximate surface area is 89.2 Å². The van der Waals surface area contributed by atoms with E-state index in [1.165, 1.54) is 0 Å². The molecule has 0 aliphatic rings. The van der Waals surface area contributed by atoms with Crippen molar-refractivity contribution < 1.29 is 9.15 Å². The van der Waals surface area contributed by atoms with Crippen molar-refractivity contribution in [1.82, 2.24) is 10.2 Å². The van der Waals surface area contributed by atoms with E-state index in [1.807, 2.05) is 0 Å². The predicted octanol–water partition coefficient (Wildman–Crippen LogP) is 1.13. The lowest BCUT2D eigenvalue weighted by molar-refractivity contribution is 0.109. The molecular weight excluding hydrogens is 196 g/mol. The molecule has 0 fully saturated rings. The number of rotatable bonds is 7. The van der Waals surface area contributed by atoms with Gasteiger partial charge in [-0.05, 0) is 12.3 Å². The van der Waals surface area contributed by atoms with Crippen molar-refractivity contribution in [2.75, 3.05) is 30.8 Å². The molecule has 0 aromatic carbocycles. The van der Waals surface area contributed by atoms with Gasteiger partial charge in [-0.1, -0.05) is 24.0 Å². The molecule has 1 heterocycles. The standard InChI is InChI=1S/C9H18N4O2/c1-7(2)6-14-5-3-4-11-9-13-12-8(10)15-9/h7H,3-6H2,1-2H3,(H2,10,12)(H,11,13). The van der Waals surface area contributed by atoms with E-state index in [0.29, 0.717) is 11.9 Å². The second-order valence-electron chi connectivity index (χ2n) is 3.69. The average molecular weight is 214 g/mol. The molecule has 0 saturated carbocycles. The van der Waals surface area contributed by atoms with E-state index in [0.717, 1.165) is 26.2 Å². The van der Waals surface area contributed by atoms with Gasteiger partial charge in [0.1, 0.15) is 0 Å². The van der Waals surface area contributed by atoms with Crippen LogP contribution in [0.15, 0.2) is 4.42 Å². The van der Waals surface area contributed by atoms with E-state index in [4.69, 9.17) is 14.9 Å². The highest BCUT2D eigenvalue weighted by atomic mass is 16.5. The van der Waals surface area contributed by atoms with Gasteiger partial charge in [0.15, 0.2) is 0 Å². The molecule has 86 valence electrons. The fraction of sp³-hybridized carbons (Fsp3) is 0.778. The van der Waals surface area contributed by atoms with Gasteiger partial charge >= 0.3 is 12.0 Å². The summed E-state index contributed by atoms with van der Waals surface area (Å²) in [5.41, 5.74) is 5.26. The number of nitrogens with two attached hydrogens (primary N) is 1. The van der Waals surface area contributed by atoms with Crippen LogP contribution in [0.3, 0.4) is 0 Å². The SMILES string of the molecule is CC(C)COCCCNc1nnc(N)o1. The summed E-state index contributed by atoms with van der Waals surface area (Å²) in [4.78, 5) is 0. The third-order valence-corrected chi connectivity index (χ3v) is 1.63. The minimum absolute atomic E-state index is 0.0774. The number of aromatic nitrogens is 2. The van der Waals surface area contributed by atoms with E-state index >= 15 is 0 Å². The number of ether oxygens (including phenoxy) is 1. The van der Waals surface area contributed by atoms with Crippen LogP contribution in [-0.2, 0) is 4.74 Å². The van der Waals surface area contributed by atoms with Gasteiger partial charge in [-0.25, -0.2) is 0 Å². The van der Waals surface area contributed by atoms with Crippen LogP contribution in [0.5, 0.6) is 0 Å². The lowest BCUT2D eigenvalue weighted by atomic mass is 10.2. The van der Waals surface area contributed by atoms with Gasteiger partial charge in [0.25, 0.3) is 0 Å². The molecule has 1 rings (SSSR count). The van der Waals surface area contributed by atoms with Crippen LogP contribution in [0.4, 0.5) is 12.0 Å². The summed E-state index contributed by atoms with van der Waals surface area (Å²) in [6, 6.07) is 0.435. The maximum absolute atomic E-state index is 5.41. The summed E-state index contributed by atoms with van der Waals surface area (Å²) in [5.74, 6) is 0.577. The maximum Gasteiger partial charge on any atom is 0.316 e. The van der Waals surface area contributed by atoms with E-state index in [2.05, 4.69) is 29.4 Å². The summed E-state index contributed by atoms with van der Waals surface area (Å²) in [5, 5.41) is 10.1. The quantitative estimate of drug-likeness (QED) is 0.661. The molecular formula is C9H18N4O2. The fourth-order valence-electron chi connectivity index (χ4n) is 0.995. The Hall–Kier alpha value is -1.30. The van der Waals surface area contributed by atoms with E-state index in [9.17, 15) is 0 Å². The first-order valence-corrected chi connectivity index (χ1v) is 5.09. The van der Waals surface area contributed by atoms with E-state index < -0.39 is 0 Å². The van der Waals surface area contributed by atoms with Gasteiger partial charge < -0.3 is 20.2 Å². The van der Waals surface area contributed by atoms with Crippen molar-refractivity contribution in [2.24, 2.45) is 5.92 Å². The van der Waals surface area contributed by atoms with Crippen molar-refractivity contribution in [3.63, 3.8) is 0 Å². The van der Waals surface area contributed by atoms with Gasteiger partial charge in [0, 0.05) is 19.8 Å². The molecule has 0 spiro atoms. The maximum atomic E-state index is 5.41. The molecule has 1 aromatic heterocycles. The van der Waals surface area contributed by atoms with E-state index in [1.54, 1.807) is 0 Å². The number of hydrogen-bond acceptors (Lipinski definition) is 6. The first-order chi connectivity index (χ1) is 7.18. The zero-order valence-electron chi connectivity index (χ0n) is 9.19. The first-order valence-electron chi connectivity index (χ1n) is 5.09. The molecule has 1 aromatic rings. The largest absolute Gasteiger partial charge is 0.390 e. The molecule has 0 amide bonds. The normalized spacial score (nSPS) is 10.9. The Morgan fingerprint density at radius 2 is 2.27 bits per heavy atom. The summed E-state index contributed by atoms with van der Waals surface area (Å²) < 4.78 is 10.3. The molecule has 0 radical (unpaired) electrons. The van der Waals surface area contributed by atoms with Crippen LogP contribution in [0.1, 0.15) is 20.3 Å². The Morgan fingerprint density at radius 3 is 2.87 bits per heavy atom. The van der Waals surface area contributed by atoms with Gasteiger partial charge in [-0.3, -0.25) is 0 Å². The lowest BCUT2D eigenvalue weighted by Crippen LogP contribution is -2.08. The lowest BCUT2D eigenvalue weighted by Gasteiger charge is -2.06. The predicted molar refractivity (Wildman–Crippen MR) is 57.5 cm³/mol. The Morgan fingerprint density at radius 1 is 1.47 bits per heavy atom. The smallest absolute Gasteiger partial charge is 0.316 e. The highest BCUT2D eigenvalue weighted by Crippen LogP contribution is 2.05. The first kappa shape index (κ1) is 11.8. The minimum atomic E-state index is 0.0774. The molecule has 6 heteroatoms. The second-order valence-corrected chi connectivity index (χ2v) is 3.69. The Balaban J connectivity index is 1.98. The number of nitrogen functional groups attached to an aromatic ring is 1. The van der Waals surface area contributed by atoms with Crippen LogP contribution in [0, 0.1) is 5.92 Å². The molecule has 3 N–H and O–H groups in total. The molecule has 15 heavy (non-hydrogen) atoms. The second kappa shape index (κ2) is 6.23. The third-order valence-electron chi connectivity index (χ3n) is 1.63. The number of nitrogens with one attached hydrogen (secondary N) is 1. The van der Waals surface area contributed by atoms with Crippen LogP contribution in [-0.4, -0.2) is 30.0 Å². The zero-order chi connectivity index (χ0) is 11.1. The van der Waals surface area contributed by atoms with Gasteiger partial charge in [0.2, 0.25) is 0 Å². The van der Waals surface area contributed by atoms with Crippen LogP contribution < -0.4 is 11.1 Å². The topological polar surface area (TPSA) is 86.2 Å². The zero-order valence-corrected chi connectivity index (χ0v) is 9.19. The van der Waals surface area contributed by atoms with Crippen molar-refractivity contribution in [1.29, 1.82) is 0 Å². The Bertz CT molecular complexity index is 275. The van der Waals surface area contributed by atoms with Crippen LogP contribution in [0.25, 0.3) is 0 Å². The van der Waals surface area contributed by atoms with Gasteiger partial charge in [-0.15, -0.1) is 0 Å². The summed E-state index contributed by atoms with van der Waals surface area (Å²) in [6.07, 6.45) is 0.898. The average Bonchev–Trinajstić information content (AvgIpc) is 2.57. The van der Waals surface area contributed by atoms with E-state index in [-0.39, 0.29) is 6.01 Å². The van der Waals surface area contributed by atoms with Crippen LogP contribution in [0.2, 0.25) is 0 Å². The number of nitrogens with zero attached hydrogens (tertiary/aromatic N) is 2. The highest BCUT2D eigenvalue weighted by Gasteiger charge is 2.00. The van der Waals surface area contributed by atoms with Crippen molar-refractivity contribution >= 4 is 12.0 Å². The monoisotopic (exact) mass is 214 g/mol. The molecule has 0 saturated heterocycles. The molecule has 0 aliphatic carbocycles. The number of anilines is 2. The van der Waals surface area contributed by atoms with Gasteiger partial charge in [0.05, 0.1) is 0 Å². The van der Waals surface area contributed by atoms with Crippen molar-refractivity contribution in [2.45, 2.75) is 20.3 Å². The third kappa shape index (κ3) is 5.21. The molecule has 6 nitrogen and oxygen atoms in total. The summed E-state index contributed by atoms with van der Waals surface area (Å²) in [6.45, 7) is 6.51. The summed E-state index contributed by atoms with van der Waals surface area (Å²) >= 11 is 0. The summed E-state index contributed by atoms with van der Waals surface area (Å²) in [7, 11) is 0. The minimum Gasteiger partial charge on any atom is -0.390 e. The van der Waals surface area contributed by atoms with Crippen molar-refractivity contribution in [3.8, 4) is 0 Å². The molecule has 0 aliphatic heterocycles. The molecule has 0 unspecified atom stereocenters. The van der Waals surface area contributed by atoms with Gasteiger partial charge in [-0.2, -0.15) is 0 Å². The van der Waals surface area contributed by atoms with Crippen molar-refractivity contribution in [3.05, 3.63) is 0 Å². The fourth-order valence-corrected chi connectivity index (χ4v) is 0.995. The Kier molecular flexibility index (Phi) is 4.89. The number of hydrogen-bond donors (Lipinski definition) is 2. The molecule has 0 atom stereocenters. The van der Waals surface area contributed by atoms with Crippen LogP contribution >= 0.6 is 0 Å². The molecule has 0 bridgehead atoms.